The minimum atomic E-state index is 0.564. The van der Waals surface area contributed by atoms with E-state index in [-0.39, 0.29) is 0 Å². The first-order valence-electron chi connectivity index (χ1n) is 6.57. The Morgan fingerprint density at radius 2 is 2.35 bits per heavy atom. The van der Waals surface area contributed by atoms with Crippen molar-refractivity contribution in [1.82, 2.24) is 15.2 Å². The number of hydrogen-bond acceptors (Lipinski definition) is 6. The molecule has 0 bridgehead atoms. The highest BCUT2D eigenvalue weighted by Crippen LogP contribution is 2.06. The van der Waals surface area contributed by atoms with Gasteiger partial charge < -0.3 is 16.0 Å². The normalized spacial score (nSPS) is 16.4. The van der Waals surface area contributed by atoms with Crippen LogP contribution in [0.2, 0.25) is 0 Å². The topological polar surface area (TPSA) is 87.8 Å². The quantitative estimate of drug-likeness (QED) is 0.689. The molecule has 0 unspecified atom stereocenters. The van der Waals surface area contributed by atoms with Crippen LogP contribution in [0.5, 0.6) is 0 Å². The van der Waals surface area contributed by atoms with Gasteiger partial charge in [-0.3, -0.25) is 4.90 Å². The van der Waals surface area contributed by atoms with Crippen molar-refractivity contribution in [2.75, 3.05) is 38.0 Å². The second-order valence-corrected chi connectivity index (χ2v) is 4.58. The maximum Gasteiger partial charge on any atom is 0.131 e. The zero-order valence-electron chi connectivity index (χ0n) is 11.3. The zero-order valence-corrected chi connectivity index (χ0v) is 11.3. The molecule has 6 nitrogen and oxygen atoms in total. The summed E-state index contributed by atoms with van der Waals surface area (Å²) in [7, 11) is 0. The third kappa shape index (κ3) is 4.16. The molecule has 3 N–H and O–H groups in total. The molecule has 1 fully saturated rings. The van der Waals surface area contributed by atoms with Crippen LogP contribution in [-0.4, -0.2) is 48.8 Å². The predicted octanol–water partition coefficient (Wildman–Crippen LogP) is 0.804. The van der Waals surface area contributed by atoms with E-state index >= 15 is 0 Å². The Bertz CT molecular complexity index is 525. The first-order chi connectivity index (χ1) is 9.81. The summed E-state index contributed by atoms with van der Waals surface area (Å²) in [5, 5.41) is 22.7. The standard InChI is InChI=1S/C14H18N6/c15-8-12-1-2-18-14(7-12)19-10-13(9-16)11-20-5-3-17-4-6-20/h1-2,7,9-10,16-17H,3-6,11H2,(H,18,19)/b13-10+,16-9?. The molecule has 1 aliphatic heterocycles. The van der Waals surface area contributed by atoms with Gasteiger partial charge >= 0.3 is 0 Å². The average molecular weight is 270 g/mol. The summed E-state index contributed by atoms with van der Waals surface area (Å²) in [6.45, 7) is 4.71. The van der Waals surface area contributed by atoms with Crippen molar-refractivity contribution in [3.8, 4) is 6.07 Å². The lowest BCUT2D eigenvalue weighted by Crippen LogP contribution is -2.44. The van der Waals surface area contributed by atoms with E-state index in [1.807, 2.05) is 0 Å². The Kier molecular flexibility index (Phi) is 5.24. The molecule has 20 heavy (non-hydrogen) atoms. The third-order valence-electron chi connectivity index (χ3n) is 3.10. The number of nitriles is 1. The molecule has 0 atom stereocenters. The number of aromatic nitrogens is 1. The highest BCUT2D eigenvalue weighted by atomic mass is 15.2. The fourth-order valence-corrected chi connectivity index (χ4v) is 2.01. The maximum atomic E-state index is 8.83. The molecular weight excluding hydrogens is 252 g/mol. The average Bonchev–Trinajstić information content (AvgIpc) is 2.52. The number of hydrogen-bond donors (Lipinski definition) is 3. The van der Waals surface area contributed by atoms with Crippen molar-refractivity contribution in [3.05, 3.63) is 35.7 Å². The molecule has 0 aliphatic carbocycles. The lowest BCUT2D eigenvalue weighted by molar-refractivity contribution is 0.262. The van der Waals surface area contributed by atoms with Crippen molar-refractivity contribution in [1.29, 1.82) is 10.7 Å². The lowest BCUT2D eigenvalue weighted by atomic mass is 10.2. The number of nitrogens with zero attached hydrogens (tertiary/aromatic N) is 3. The van der Waals surface area contributed by atoms with Crippen molar-refractivity contribution >= 4 is 12.0 Å². The Morgan fingerprint density at radius 3 is 3.05 bits per heavy atom. The van der Waals surface area contributed by atoms with E-state index < -0.39 is 0 Å². The van der Waals surface area contributed by atoms with E-state index in [2.05, 4.69) is 26.6 Å². The molecule has 0 amide bonds. The smallest absolute Gasteiger partial charge is 0.131 e. The molecule has 104 valence electrons. The van der Waals surface area contributed by atoms with Crippen LogP contribution in [0.15, 0.2) is 30.1 Å². The van der Waals surface area contributed by atoms with Crippen LogP contribution in [0, 0.1) is 16.7 Å². The largest absolute Gasteiger partial charge is 0.346 e. The summed E-state index contributed by atoms with van der Waals surface area (Å²) >= 11 is 0. The number of rotatable bonds is 5. The Hall–Kier alpha value is -2.23. The van der Waals surface area contributed by atoms with Crippen LogP contribution in [0.4, 0.5) is 5.82 Å². The Morgan fingerprint density at radius 1 is 1.55 bits per heavy atom. The number of anilines is 1. The van der Waals surface area contributed by atoms with Gasteiger partial charge in [-0.25, -0.2) is 4.98 Å². The van der Waals surface area contributed by atoms with Crippen LogP contribution < -0.4 is 10.6 Å². The summed E-state index contributed by atoms with van der Waals surface area (Å²) in [4.78, 5) is 6.43. The van der Waals surface area contributed by atoms with Crippen LogP contribution in [-0.2, 0) is 0 Å². The molecular formula is C14H18N6. The molecule has 0 aromatic carbocycles. The van der Waals surface area contributed by atoms with Crippen molar-refractivity contribution in [2.45, 2.75) is 0 Å². The van der Waals surface area contributed by atoms with Gasteiger partial charge in [-0.1, -0.05) is 0 Å². The van der Waals surface area contributed by atoms with Gasteiger partial charge in [-0.2, -0.15) is 5.26 Å². The maximum absolute atomic E-state index is 8.83. The van der Waals surface area contributed by atoms with E-state index in [9.17, 15) is 0 Å². The van der Waals surface area contributed by atoms with Gasteiger partial charge in [0.2, 0.25) is 0 Å². The second kappa shape index (κ2) is 7.38. The van der Waals surface area contributed by atoms with Crippen LogP contribution in [0.25, 0.3) is 0 Å². The van der Waals surface area contributed by atoms with Gasteiger partial charge in [-0.15, -0.1) is 0 Å². The molecule has 6 heteroatoms. The number of piperazine rings is 1. The molecule has 1 aromatic heterocycles. The summed E-state index contributed by atoms with van der Waals surface area (Å²) < 4.78 is 0. The molecule has 0 saturated carbocycles. The van der Waals surface area contributed by atoms with Crippen molar-refractivity contribution < 1.29 is 0 Å². The molecule has 2 rings (SSSR count). The number of nitrogens with one attached hydrogen (secondary N) is 3. The molecule has 2 heterocycles. The van der Waals surface area contributed by atoms with E-state index in [1.54, 1.807) is 24.5 Å². The molecule has 1 saturated heterocycles. The highest BCUT2D eigenvalue weighted by Gasteiger charge is 2.10. The van der Waals surface area contributed by atoms with Gasteiger partial charge in [0.05, 0.1) is 11.6 Å². The zero-order chi connectivity index (χ0) is 14.2. The van der Waals surface area contributed by atoms with Gasteiger partial charge in [0, 0.05) is 51.3 Å². The van der Waals surface area contributed by atoms with Gasteiger partial charge in [0.1, 0.15) is 5.82 Å². The molecule has 0 radical (unpaired) electrons. The summed E-state index contributed by atoms with van der Waals surface area (Å²) in [6.07, 6.45) is 4.72. The van der Waals surface area contributed by atoms with Crippen molar-refractivity contribution in [2.24, 2.45) is 0 Å². The van der Waals surface area contributed by atoms with Gasteiger partial charge in [0.15, 0.2) is 0 Å². The minimum Gasteiger partial charge on any atom is -0.346 e. The highest BCUT2D eigenvalue weighted by molar-refractivity contribution is 5.77. The van der Waals surface area contributed by atoms with Crippen molar-refractivity contribution in [3.63, 3.8) is 0 Å². The number of pyridine rings is 1. The van der Waals surface area contributed by atoms with E-state index in [1.165, 1.54) is 6.21 Å². The Balaban J connectivity index is 1.96. The lowest BCUT2D eigenvalue weighted by Gasteiger charge is -2.27. The van der Waals surface area contributed by atoms with Crippen LogP contribution >= 0.6 is 0 Å². The summed E-state index contributed by atoms with van der Waals surface area (Å²) in [5.74, 6) is 0.615. The summed E-state index contributed by atoms with van der Waals surface area (Å²) in [6, 6.07) is 5.42. The third-order valence-corrected chi connectivity index (χ3v) is 3.10. The monoisotopic (exact) mass is 270 g/mol. The predicted molar refractivity (Wildman–Crippen MR) is 78.8 cm³/mol. The molecule has 1 aromatic rings. The van der Waals surface area contributed by atoms with E-state index in [0.29, 0.717) is 11.4 Å². The van der Waals surface area contributed by atoms with Gasteiger partial charge in [0.25, 0.3) is 0 Å². The van der Waals surface area contributed by atoms with Gasteiger partial charge in [-0.05, 0) is 17.7 Å². The fraction of sp³-hybridized carbons (Fsp3) is 0.357. The summed E-state index contributed by atoms with van der Waals surface area (Å²) in [5.41, 5.74) is 1.45. The Labute approximate surface area is 118 Å². The van der Waals surface area contributed by atoms with Crippen LogP contribution in [0.3, 0.4) is 0 Å². The van der Waals surface area contributed by atoms with E-state index in [0.717, 1.165) is 38.3 Å². The second-order valence-electron chi connectivity index (χ2n) is 4.58. The van der Waals surface area contributed by atoms with E-state index in [4.69, 9.17) is 10.7 Å². The molecule has 0 spiro atoms. The molecule has 1 aliphatic rings. The SMILES string of the molecule is N#Cc1ccnc(N/C=C(\C=N)CN2CCNCC2)c1. The first kappa shape index (κ1) is 14.2. The minimum absolute atomic E-state index is 0.564. The fourth-order valence-electron chi connectivity index (χ4n) is 2.01. The van der Waals surface area contributed by atoms with Crippen LogP contribution in [0.1, 0.15) is 5.56 Å². The first-order valence-corrected chi connectivity index (χ1v) is 6.57.